The van der Waals surface area contributed by atoms with Crippen molar-refractivity contribution in [3.05, 3.63) is 41.0 Å². The van der Waals surface area contributed by atoms with Crippen molar-refractivity contribution in [2.75, 3.05) is 32.1 Å². The highest BCUT2D eigenvalue weighted by Crippen LogP contribution is 2.55. The summed E-state index contributed by atoms with van der Waals surface area (Å²) in [5.41, 5.74) is 2.76. The summed E-state index contributed by atoms with van der Waals surface area (Å²) in [6.45, 7) is 11.5. The number of nitrogens with one attached hydrogen (secondary N) is 3. The number of aromatic hydroxyl groups is 1. The Kier molecular flexibility index (Phi) is 6.41. The van der Waals surface area contributed by atoms with Crippen LogP contribution >= 0.6 is 7.44 Å². The number of methoxy groups -OCH3 is 1. The number of aromatic nitrogens is 2. The third-order valence-corrected chi connectivity index (χ3v) is 8.12. The van der Waals surface area contributed by atoms with E-state index in [4.69, 9.17) is 4.74 Å². The van der Waals surface area contributed by atoms with Gasteiger partial charge >= 0.3 is 0 Å². The van der Waals surface area contributed by atoms with Crippen LogP contribution in [-0.2, 0) is 4.57 Å². The minimum Gasteiger partial charge on any atom is -0.504 e. The van der Waals surface area contributed by atoms with Crippen molar-refractivity contribution < 1.29 is 14.4 Å². The Labute approximate surface area is 178 Å². The Bertz CT molecular complexity index is 965. The molecule has 2 heterocycles. The summed E-state index contributed by atoms with van der Waals surface area (Å²) in [4.78, 5) is 8.66. The van der Waals surface area contributed by atoms with Gasteiger partial charge in [-0.1, -0.05) is 19.9 Å². The van der Waals surface area contributed by atoms with Crippen LogP contribution in [-0.4, -0.2) is 41.8 Å². The van der Waals surface area contributed by atoms with E-state index in [9.17, 15) is 9.67 Å². The van der Waals surface area contributed by atoms with Gasteiger partial charge in [-0.25, -0.2) is 9.97 Å². The van der Waals surface area contributed by atoms with Gasteiger partial charge in [0.2, 0.25) is 7.44 Å². The summed E-state index contributed by atoms with van der Waals surface area (Å²) >= 11 is 0. The van der Waals surface area contributed by atoms with Crippen molar-refractivity contribution in [1.82, 2.24) is 20.1 Å². The minimum atomic E-state index is -2.99. The fourth-order valence-corrected chi connectivity index (χ4v) is 6.34. The number of hydrogen-bond donors (Lipinski definition) is 4. The number of phenols is 1. The zero-order valence-electron chi connectivity index (χ0n) is 18.5. The lowest BCUT2D eigenvalue weighted by Crippen LogP contribution is -2.46. The molecule has 9 heteroatoms. The Morgan fingerprint density at radius 1 is 1.27 bits per heavy atom. The maximum atomic E-state index is 14.0. The molecule has 3 rings (SSSR count). The van der Waals surface area contributed by atoms with E-state index >= 15 is 0 Å². The average molecular weight is 433 g/mol. The Morgan fingerprint density at radius 3 is 2.53 bits per heavy atom. The molecule has 0 bridgehead atoms. The molecule has 8 nitrogen and oxygen atoms in total. The number of hydrogen-bond acceptors (Lipinski definition) is 6. The van der Waals surface area contributed by atoms with Gasteiger partial charge in [0.05, 0.1) is 30.3 Å². The van der Waals surface area contributed by atoms with Crippen LogP contribution in [0.2, 0.25) is 0 Å². The van der Waals surface area contributed by atoms with E-state index in [-0.39, 0.29) is 16.8 Å². The molecule has 2 aromatic rings. The first-order chi connectivity index (χ1) is 14.0. The van der Waals surface area contributed by atoms with Gasteiger partial charge in [-0.15, -0.1) is 0 Å². The van der Waals surface area contributed by atoms with Gasteiger partial charge in [-0.05, 0) is 43.4 Å². The minimum absolute atomic E-state index is 0.00976. The second-order valence-corrected chi connectivity index (χ2v) is 11.3. The predicted octanol–water partition coefficient (Wildman–Crippen LogP) is 3.68. The number of phenolic OH excluding ortho intramolecular Hbond substituents is 1. The predicted molar refractivity (Wildman–Crippen MR) is 120 cm³/mol. The molecule has 1 aliphatic heterocycles. The van der Waals surface area contributed by atoms with Gasteiger partial charge in [0, 0.05) is 19.6 Å². The molecule has 0 saturated carbocycles. The quantitative estimate of drug-likeness (QED) is 0.511. The lowest BCUT2D eigenvalue weighted by Gasteiger charge is -2.40. The van der Waals surface area contributed by atoms with E-state index in [2.05, 4.69) is 39.3 Å². The normalized spacial score (nSPS) is 18.6. The largest absolute Gasteiger partial charge is 0.504 e. The zero-order chi connectivity index (χ0) is 22.1. The Balaban J connectivity index is 1.97. The number of rotatable bonds is 6. The standard InChI is InChI=1S/C21H32N5O3P/c1-13-7-16(8-18(29-6)20(13)27)19(30(28)24-11-21(4,5)12-25-30)10-23-17-9-22-15(3)26-14(17)2/h7-9,19,23,27H,10-12H2,1-6H3,(H2,24,25,28). The van der Waals surface area contributed by atoms with Crippen molar-refractivity contribution in [3.8, 4) is 11.5 Å². The van der Waals surface area contributed by atoms with E-state index in [1.54, 1.807) is 12.3 Å². The lowest BCUT2D eigenvalue weighted by molar-refractivity contribution is 0.335. The summed E-state index contributed by atoms with van der Waals surface area (Å²) in [5.74, 6) is 1.17. The van der Waals surface area contributed by atoms with Gasteiger partial charge in [0.25, 0.3) is 0 Å². The summed E-state index contributed by atoms with van der Waals surface area (Å²) < 4.78 is 19.3. The van der Waals surface area contributed by atoms with E-state index in [0.29, 0.717) is 36.8 Å². The molecule has 4 N–H and O–H groups in total. The van der Waals surface area contributed by atoms with Gasteiger partial charge in [-0.2, -0.15) is 0 Å². The smallest absolute Gasteiger partial charge is 0.220 e. The number of anilines is 1. The molecule has 1 aromatic heterocycles. The van der Waals surface area contributed by atoms with Crippen LogP contribution in [0.1, 0.15) is 42.2 Å². The van der Waals surface area contributed by atoms with Crippen molar-refractivity contribution >= 4 is 13.1 Å². The van der Waals surface area contributed by atoms with Crippen LogP contribution in [0.15, 0.2) is 18.3 Å². The van der Waals surface area contributed by atoms with Crippen LogP contribution < -0.4 is 20.2 Å². The molecule has 1 aliphatic rings. The van der Waals surface area contributed by atoms with Crippen molar-refractivity contribution in [2.45, 2.75) is 40.3 Å². The number of nitrogens with zero attached hydrogens (tertiary/aromatic N) is 2. The molecule has 1 aromatic carbocycles. The summed E-state index contributed by atoms with van der Waals surface area (Å²) in [5, 5.41) is 20.2. The van der Waals surface area contributed by atoms with E-state index in [1.165, 1.54) is 7.11 Å². The number of ether oxygens (including phenoxy) is 1. The second kappa shape index (κ2) is 8.53. The Hall–Kier alpha value is -2.15. The van der Waals surface area contributed by atoms with Crippen molar-refractivity contribution in [3.63, 3.8) is 0 Å². The molecular weight excluding hydrogens is 401 g/mol. The zero-order valence-corrected chi connectivity index (χ0v) is 19.4. The average Bonchev–Trinajstić information content (AvgIpc) is 2.68. The third-order valence-electron chi connectivity index (χ3n) is 5.50. The highest BCUT2D eigenvalue weighted by Gasteiger charge is 2.40. The first-order valence-corrected chi connectivity index (χ1v) is 11.8. The number of benzene rings is 1. The van der Waals surface area contributed by atoms with Gasteiger partial charge in [0.15, 0.2) is 11.5 Å². The van der Waals surface area contributed by atoms with Gasteiger partial charge in [-0.3, -0.25) is 14.7 Å². The second-order valence-electron chi connectivity index (χ2n) is 8.69. The molecule has 0 spiro atoms. The molecule has 0 aliphatic carbocycles. The van der Waals surface area contributed by atoms with Crippen molar-refractivity contribution in [2.24, 2.45) is 5.41 Å². The van der Waals surface area contributed by atoms with E-state index in [1.807, 2.05) is 26.8 Å². The summed E-state index contributed by atoms with van der Waals surface area (Å²) in [6, 6.07) is 3.63. The van der Waals surface area contributed by atoms with E-state index in [0.717, 1.165) is 16.9 Å². The molecule has 164 valence electrons. The SMILES string of the molecule is COc1cc(C(CNc2cnc(C)nc2C)P2(=O)NCC(C)(C)CN2)cc(C)c1O. The molecule has 0 radical (unpaired) electrons. The maximum Gasteiger partial charge on any atom is 0.220 e. The Morgan fingerprint density at radius 2 is 1.93 bits per heavy atom. The van der Waals surface area contributed by atoms with Crippen LogP contribution in [0, 0.1) is 26.2 Å². The highest BCUT2D eigenvalue weighted by molar-refractivity contribution is 7.60. The molecule has 1 fully saturated rings. The number of aryl methyl sites for hydroxylation is 3. The lowest BCUT2D eigenvalue weighted by atomic mass is 9.94. The monoisotopic (exact) mass is 433 g/mol. The molecule has 1 unspecified atom stereocenters. The topological polar surface area (TPSA) is 108 Å². The first kappa shape index (κ1) is 22.5. The van der Waals surface area contributed by atoms with Crippen LogP contribution in [0.3, 0.4) is 0 Å². The highest BCUT2D eigenvalue weighted by atomic mass is 31.2. The molecule has 1 saturated heterocycles. The van der Waals surface area contributed by atoms with Crippen LogP contribution in [0.5, 0.6) is 11.5 Å². The maximum absolute atomic E-state index is 14.0. The van der Waals surface area contributed by atoms with Crippen LogP contribution in [0.4, 0.5) is 5.69 Å². The summed E-state index contributed by atoms with van der Waals surface area (Å²) in [6.07, 6.45) is 1.75. The van der Waals surface area contributed by atoms with E-state index < -0.39 is 7.44 Å². The molecule has 0 amide bonds. The van der Waals surface area contributed by atoms with Gasteiger partial charge in [0.1, 0.15) is 5.82 Å². The molecule has 30 heavy (non-hydrogen) atoms. The first-order valence-electron chi connectivity index (χ1n) is 10.1. The molecular formula is C21H32N5O3P. The fraction of sp³-hybridized carbons (Fsp3) is 0.524. The fourth-order valence-electron chi connectivity index (χ4n) is 3.54. The summed E-state index contributed by atoms with van der Waals surface area (Å²) in [7, 11) is -1.48. The molecule has 1 atom stereocenters. The van der Waals surface area contributed by atoms with Crippen LogP contribution in [0.25, 0.3) is 0 Å². The van der Waals surface area contributed by atoms with Gasteiger partial charge < -0.3 is 15.2 Å². The third kappa shape index (κ3) is 4.77. The van der Waals surface area contributed by atoms with Crippen molar-refractivity contribution in [1.29, 1.82) is 0 Å².